The number of carboxylic acids is 1. The topological polar surface area (TPSA) is 68.0 Å². The zero-order valence-corrected chi connectivity index (χ0v) is 9.05. The molecule has 0 spiro atoms. The first-order valence-corrected chi connectivity index (χ1v) is 4.89. The summed E-state index contributed by atoms with van der Waals surface area (Å²) in [6, 6.07) is 9.16. The fourth-order valence-corrected chi connectivity index (χ4v) is 1.57. The fraction of sp³-hybridized carbons (Fsp3) is 0. The Morgan fingerprint density at radius 2 is 2.00 bits per heavy atom. The molecule has 0 aliphatic heterocycles. The number of halogens is 1. The molecule has 0 unspecified atom stereocenters. The van der Waals surface area contributed by atoms with E-state index in [1.165, 1.54) is 4.68 Å². The van der Waals surface area contributed by atoms with Gasteiger partial charge in [0.1, 0.15) is 0 Å². The molecule has 0 atom stereocenters. The average Bonchev–Trinajstić information content (AvgIpc) is 2.62. The lowest BCUT2D eigenvalue weighted by molar-refractivity contribution is 0.0683. The number of carboxylic acid groups (broad SMARTS) is 1. The van der Waals surface area contributed by atoms with Crippen LogP contribution < -0.4 is 0 Å². The van der Waals surface area contributed by atoms with Crippen molar-refractivity contribution in [3.05, 3.63) is 40.9 Å². The second-order valence-electron chi connectivity index (χ2n) is 2.76. The lowest BCUT2D eigenvalue weighted by Crippen LogP contribution is -2.01. The molecule has 1 N–H and O–H groups in total. The highest BCUT2D eigenvalue weighted by Gasteiger charge is 2.14. The van der Waals surface area contributed by atoms with Crippen LogP contribution in [-0.2, 0) is 0 Å². The average molecular weight is 268 g/mol. The van der Waals surface area contributed by atoms with Gasteiger partial charge in [0.15, 0.2) is 0 Å². The van der Waals surface area contributed by atoms with Crippen LogP contribution in [0, 0.1) is 0 Å². The first-order valence-electron chi connectivity index (χ1n) is 4.10. The molecule has 0 aliphatic carbocycles. The van der Waals surface area contributed by atoms with Crippen LogP contribution in [0.4, 0.5) is 0 Å². The van der Waals surface area contributed by atoms with Crippen LogP contribution >= 0.6 is 15.9 Å². The Kier molecular flexibility index (Phi) is 2.51. The van der Waals surface area contributed by atoms with Gasteiger partial charge in [0.25, 0.3) is 5.82 Å². The van der Waals surface area contributed by atoms with Gasteiger partial charge < -0.3 is 5.11 Å². The Bertz CT molecular complexity index is 495. The third-order valence-corrected chi connectivity index (χ3v) is 2.27. The third-order valence-electron chi connectivity index (χ3n) is 1.76. The number of hydrogen-bond acceptors (Lipinski definition) is 3. The van der Waals surface area contributed by atoms with Crippen LogP contribution in [0.1, 0.15) is 10.6 Å². The van der Waals surface area contributed by atoms with Gasteiger partial charge in [-0.15, -0.1) is 5.10 Å². The highest BCUT2D eigenvalue weighted by atomic mass is 79.9. The van der Waals surface area contributed by atoms with Crippen molar-refractivity contribution in [2.75, 3.05) is 0 Å². The van der Waals surface area contributed by atoms with Gasteiger partial charge in [-0.25, -0.2) is 9.48 Å². The zero-order valence-electron chi connectivity index (χ0n) is 7.46. The first-order chi connectivity index (χ1) is 7.18. The summed E-state index contributed by atoms with van der Waals surface area (Å²) in [4.78, 5) is 14.4. The van der Waals surface area contributed by atoms with E-state index in [1.54, 1.807) is 0 Å². The van der Waals surface area contributed by atoms with E-state index >= 15 is 0 Å². The molecule has 0 radical (unpaired) electrons. The van der Waals surface area contributed by atoms with E-state index in [4.69, 9.17) is 5.11 Å². The number of rotatable bonds is 2. The predicted molar refractivity (Wildman–Crippen MR) is 56.0 cm³/mol. The maximum absolute atomic E-state index is 10.6. The van der Waals surface area contributed by atoms with Crippen molar-refractivity contribution < 1.29 is 9.90 Å². The van der Waals surface area contributed by atoms with E-state index < -0.39 is 5.97 Å². The standard InChI is InChI=1S/C9H6BrN3O2/c10-9-11-7(8(14)15)12-13(9)6-4-2-1-3-5-6/h1-5H,(H,14,15). The Labute approximate surface area is 93.5 Å². The molecule has 76 valence electrons. The number of hydrogen-bond donors (Lipinski definition) is 1. The van der Waals surface area contributed by atoms with Crippen LogP contribution in [-0.4, -0.2) is 25.8 Å². The summed E-state index contributed by atoms with van der Waals surface area (Å²) >= 11 is 3.15. The van der Waals surface area contributed by atoms with Gasteiger partial charge in [-0.1, -0.05) is 18.2 Å². The van der Waals surface area contributed by atoms with Gasteiger partial charge in [0, 0.05) is 0 Å². The van der Waals surface area contributed by atoms with Crippen LogP contribution in [0.5, 0.6) is 0 Å². The molecule has 0 bridgehead atoms. The molecule has 0 aliphatic rings. The second kappa shape index (κ2) is 3.82. The minimum Gasteiger partial charge on any atom is -0.475 e. The summed E-state index contributed by atoms with van der Waals surface area (Å²) in [6.45, 7) is 0. The Balaban J connectivity index is 2.50. The van der Waals surface area contributed by atoms with Crippen molar-refractivity contribution in [2.24, 2.45) is 0 Å². The Hall–Kier alpha value is -1.69. The van der Waals surface area contributed by atoms with Crippen LogP contribution in [0.2, 0.25) is 0 Å². The number of nitrogens with zero attached hydrogens (tertiary/aromatic N) is 3. The first kappa shape index (κ1) is 9.85. The number of benzene rings is 1. The molecule has 0 saturated carbocycles. The number of carbonyl (C=O) groups is 1. The maximum atomic E-state index is 10.6. The monoisotopic (exact) mass is 267 g/mol. The summed E-state index contributed by atoms with van der Waals surface area (Å²) < 4.78 is 1.79. The molecule has 0 saturated heterocycles. The smallest absolute Gasteiger partial charge is 0.375 e. The molecule has 6 heteroatoms. The van der Waals surface area contributed by atoms with E-state index in [-0.39, 0.29) is 5.82 Å². The number of para-hydroxylation sites is 1. The molecule has 1 aromatic heterocycles. The number of aromatic nitrogens is 3. The van der Waals surface area contributed by atoms with Crippen molar-refractivity contribution in [1.29, 1.82) is 0 Å². The van der Waals surface area contributed by atoms with Gasteiger partial charge in [-0.3, -0.25) is 0 Å². The van der Waals surface area contributed by atoms with E-state index in [0.717, 1.165) is 5.69 Å². The Morgan fingerprint density at radius 3 is 2.53 bits per heavy atom. The summed E-state index contributed by atoms with van der Waals surface area (Å²) in [5.41, 5.74) is 0.754. The van der Waals surface area contributed by atoms with Crippen molar-refractivity contribution in [3.8, 4) is 5.69 Å². The van der Waals surface area contributed by atoms with Crippen LogP contribution in [0.3, 0.4) is 0 Å². The van der Waals surface area contributed by atoms with E-state index in [2.05, 4.69) is 26.0 Å². The fourth-order valence-electron chi connectivity index (χ4n) is 1.12. The van der Waals surface area contributed by atoms with E-state index in [9.17, 15) is 4.79 Å². The van der Waals surface area contributed by atoms with Gasteiger partial charge in [0.05, 0.1) is 5.69 Å². The van der Waals surface area contributed by atoms with Gasteiger partial charge >= 0.3 is 5.97 Å². The summed E-state index contributed by atoms with van der Waals surface area (Å²) in [5.74, 6) is -1.38. The van der Waals surface area contributed by atoms with E-state index in [1.807, 2.05) is 30.3 Å². The van der Waals surface area contributed by atoms with E-state index in [0.29, 0.717) is 4.73 Å². The minimum absolute atomic E-state index is 0.231. The SMILES string of the molecule is O=C(O)c1nc(Br)n(-c2ccccc2)n1. The highest BCUT2D eigenvalue weighted by molar-refractivity contribution is 9.10. The number of aromatic carboxylic acids is 1. The van der Waals surface area contributed by atoms with Crippen LogP contribution in [0.25, 0.3) is 5.69 Å². The lowest BCUT2D eigenvalue weighted by Gasteiger charge is -1.99. The normalized spacial score (nSPS) is 10.2. The molecular formula is C9H6BrN3O2. The van der Waals surface area contributed by atoms with Crippen molar-refractivity contribution >= 4 is 21.9 Å². The molecule has 15 heavy (non-hydrogen) atoms. The molecule has 2 aromatic rings. The lowest BCUT2D eigenvalue weighted by atomic mass is 10.3. The summed E-state index contributed by atoms with van der Waals surface area (Å²) in [7, 11) is 0. The van der Waals surface area contributed by atoms with Gasteiger partial charge in [-0.2, -0.15) is 4.98 Å². The molecule has 1 heterocycles. The summed E-state index contributed by atoms with van der Waals surface area (Å²) in [5, 5.41) is 12.5. The van der Waals surface area contributed by atoms with Gasteiger partial charge in [0.2, 0.25) is 4.73 Å². The zero-order chi connectivity index (χ0) is 10.8. The Morgan fingerprint density at radius 1 is 1.33 bits per heavy atom. The minimum atomic E-state index is -1.15. The molecular weight excluding hydrogens is 262 g/mol. The molecule has 5 nitrogen and oxygen atoms in total. The van der Waals surface area contributed by atoms with Crippen molar-refractivity contribution in [3.63, 3.8) is 0 Å². The molecule has 1 aromatic carbocycles. The second-order valence-corrected chi connectivity index (χ2v) is 3.47. The highest BCUT2D eigenvalue weighted by Crippen LogP contribution is 2.14. The van der Waals surface area contributed by atoms with Gasteiger partial charge in [-0.05, 0) is 28.1 Å². The summed E-state index contributed by atoms with van der Waals surface area (Å²) in [6.07, 6.45) is 0. The molecule has 2 rings (SSSR count). The van der Waals surface area contributed by atoms with Crippen LogP contribution in [0.15, 0.2) is 35.1 Å². The third kappa shape index (κ3) is 1.89. The maximum Gasteiger partial charge on any atom is 0.375 e. The quantitative estimate of drug-likeness (QED) is 0.900. The van der Waals surface area contributed by atoms with Crippen molar-refractivity contribution in [1.82, 2.24) is 14.8 Å². The molecule has 0 fully saturated rings. The molecule has 0 amide bonds. The van der Waals surface area contributed by atoms with Crippen molar-refractivity contribution in [2.45, 2.75) is 0 Å². The largest absolute Gasteiger partial charge is 0.475 e. The predicted octanol–water partition coefficient (Wildman–Crippen LogP) is 1.73.